The molecule has 0 aliphatic carbocycles. The molecule has 3 rings (SSSR count). The predicted octanol–water partition coefficient (Wildman–Crippen LogP) is 4.10. The Bertz CT molecular complexity index is 734. The molecule has 1 aromatic heterocycles. The van der Waals surface area contributed by atoms with Crippen molar-refractivity contribution >= 4 is 33.0 Å². The summed E-state index contributed by atoms with van der Waals surface area (Å²) in [7, 11) is 1.57. The first-order valence-corrected chi connectivity index (χ1v) is 7.94. The van der Waals surface area contributed by atoms with Crippen molar-refractivity contribution in [3.05, 3.63) is 65.5 Å². The van der Waals surface area contributed by atoms with E-state index in [2.05, 4.69) is 23.5 Å². The molecule has 4 heteroatoms. The topological polar surface area (TPSA) is 38.3 Å². The zero-order chi connectivity index (χ0) is 15.4. The summed E-state index contributed by atoms with van der Waals surface area (Å²) in [4.78, 5) is 13.5. The van der Waals surface area contributed by atoms with Crippen molar-refractivity contribution < 1.29 is 9.53 Å². The van der Waals surface area contributed by atoms with Crippen molar-refractivity contribution in [1.82, 2.24) is 0 Å². The number of fused-ring (bicyclic) bond motifs is 1. The van der Waals surface area contributed by atoms with Crippen LogP contribution in [0.3, 0.4) is 0 Å². The maximum Gasteiger partial charge on any atom is 0.253 e. The van der Waals surface area contributed by atoms with E-state index in [1.165, 1.54) is 10.1 Å². The summed E-state index contributed by atoms with van der Waals surface area (Å²) in [5, 5.41) is 4.10. The molecule has 1 atom stereocenters. The monoisotopic (exact) mass is 311 g/mol. The highest BCUT2D eigenvalue weighted by Crippen LogP contribution is 2.26. The lowest BCUT2D eigenvalue weighted by molar-refractivity contribution is -0.125. The number of rotatable bonds is 5. The lowest BCUT2D eigenvalue weighted by atomic mass is 10.1. The normalized spacial score (nSPS) is 12.2. The van der Waals surface area contributed by atoms with Crippen molar-refractivity contribution in [2.24, 2.45) is 0 Å². The molecule has 0 saturated heterocycles. The van der Waals surface area contributed by atoms with Crippen molar-refractivity contribution in [3.8, 4) is 0 Å². The third kappa shape index (κ3) is 3.35. The van der Waals surface area contributed by atoms with Crippen LogP contribution in [-0.4, -0.2) is 19.1 Å². The molecule has 0 spiro atoms. The molecule has 2 aromatic carbocycles. The number of para-hydroxylation sites is 1. The fourth-order valence-electron chi connectivity index (χ4n) is 2.35. The summed E-state index contributed by atoms with van der Waals surface area (Å²) < 4.78 is 6.61. The van der Waals surface area contributed by atoms with Crippen molar-refractivity contribution in [1.29, 1.82) is 0 Å². The second-order valence-corrected chi connectivity index (χ2v) is 6.20. The molecule has 1 unspecified atom stereocenters. The lowest BCUT2D eigenvalue weighted by Crippen LogP contribution is -2.31. The molecule has 3 nitrogen and oxygen atoms in total. The zero-order valence-electron chi connectivity index (χ0n) is 12.3. The SMILES string of the molecule is COC(Cc1cc2ccccc2s1)C(=O)Nc1ccccc1. The van der Waals surface area contributed by atoms with Gasteiger partial charge in [-0.15, -0.1) is 11.3 Å². The van der Waals surface area contributed by atoms with Gasteiger partial charge in [0, 0.05) is 28.8 Å². The van der Waals surface area contributed by atoms with Gasteiger partial charge in [-0.25, -0.2) is 0 Å². The maximum atomic E-state index is 12.3. The number of methoxy groups -OCH3 is 1. The number of anilines is 1. The fourth-order valence-corrected chi connectivity index (χ4v) is 3.44. The van der Waals surface area contributed by atoms with Gasteiger partial charge in [-0.05, 0) is 29.7 Å². The van der Waals surface area contributed by atoms with E-state index in [1.54, 1.807) is 18.4 Å². The van der Waals surface area contributed by atoms with E-state index in [0.717, 1.165) is 10.6 Å². The van der Waals surface area contributed by atoms with Gasteiger partial charge in [-0.2, -0.15) is 0 Å². The minimum atomic E-state index is -0.492. The lowest BCUT2D eigenvalue weighted by Gasteiger charge is -2.14. The Morgan fingerprint density at radius 1 is 1.14 bits per heavy atom. The van der Waals surface area contributed by atoms with Gasteiger partial charge in [0.05, 0.1) is 0 Å². The van der Waals surface area contributed by atoms with Crippen LogP contribution >= 0.6 is 11.3 Å². The second kappa shape index (κ2) is 6.73. The molecule has 1 amide bonds. The molecular weight excluding hydrogens is 294 g/mol. The van der Waals surface area contributed by atoms with Gasteiger partial charge in [0.2, 0.25) is 0 Å². The van der Waals surface area contributed by atoms with Crippen LogP contribution in [0.2, 0.25) is 0 Å². The van der Waals surface area contributed by atoms with Crippen LogP contribution < -0.4 is 5.32 Å². The molecule has 0 aliphatic heterocycles. The average molecular weight is 311 g/mol. The van der Waals surface area contributed by atoms with Crippen molar-refractivity contribution in [2.75, 3.05) is 12.4 Å². The third-order valence-electron chi connectivity index (χ3n) is 3.48. The molecule has 0 saturated carbocycles. The minimum Gasteiger partial charge on any atom is -0.371 e. The van der Waals surface area contributed by atoms with E-state index >= 15 is 0 Å². The number of carbonyl (C=O) groups excluding carboxylic acids is 1. The average Bonchev–Trinajstić information content (AvgIpc) is 2.96. The number of amides is 1. The standard InChI is InChI=1S/C18H17NO2S/c1-21-16(18(20)19-14-8-3-2-4-9-14)12-15-11-13-7-5-6-10-17(13)22-15/h2-11,16H,12H2,1H3,(H,19,20). The van der Waals surface area contributed by atoms with Crippen LogP contribution in [0, 0.1) is 0 Å². The summed E-state index contributed by atoms with van der Waals surface area (Å²) in [6.07, 6.45) is 0.0855. The first-order chi connectivity index (χ1) is 10.8. The Morgan fingerprint density at radius 2 is 1.86 bits per heavy atom. The van der Waals surface area contributed by atoms with E-state index in [4.69, 9.17) is 4.74 Å². The molecule has 112 valence electrons. The highest BCUT2D eigenvalue weighted by molar-refractivity contribution is 7.19. The summed E-state index contributed by atoms with van der Waals surface area (Å²) in [5.41, 5.74) is 0.783. The third-order valence-corrected chi connectivity index (χ3v) is 4.62. The Balaban J connectivity index is 1.72. The quantitative estimate of drug-likeness (QED) is 0.770. The Kier molecular flexibility index (Phi) is 4.51. The number of hydrogen-bond donors (Lipinski definition) is 1. The summed E-state index contributed by atoms with van der Waals surface area (Å²) >= 11 is 1.70. The number of carbonyl (C=O) groups is 1. The highest BCUT2D eigenvalue weighted by Gasteiger charge is 2.19. The Morgan fingerprint density at radius 3 is 2.59 bits per heavy atom. The first-order valence-electron chi connectivity index (χ1n) is 7.12. The van der Waals surface area contributed by atoms with Crippen LogP contribution in [0.4, 0.5) is 5.69 Å². The highest BCUT2D eigenvalue weighted by atomic mass is 32.1. The van der Waals surface area contributed by atoms with Crippen LogP contribution in [0.1, 0.15) is 4.88 Å². The van der Waals surface area contributed by atoms with Gasteiger partial charge in [0.25, 0.3) is 5.91 Å². The molecule has 1 N–H and O–H groups in total. The Labute approximate surface area is 133 Å². The molecule has 3 aromatic rings. The van der Waals surface area contributed by atoms with Gasteiger partial charge < -0.3 is 10.1 Å². The van der Waals surface area contributed by atoms with Crippen LogP contribution in [0.5, 0.6) is 0 Å². The van der Waals surface area contributed by atoms with E-state index in [9.17, 15) is 4.79 Å². The van der Waals surface area contributed by atoms with Crippen molar-refractivity contribution in [2.45, 2.75) is 12.5 Å². The fraction of sp³-hybridized carbons (Fsp3) is 0.167. The van der Waals surface area contributed by atoms with E-state index in [0.29, 0.717) is 6.42 Å². The molecule has 22 heavy (non-hydrogen) atoms. The van der Waals surface area contributed by atoms with Crippen molar-refractivity contribution in [3.63, 3.8) is 0 Å². The van der Waals surface area contributed by atoms with Gasteiger partial charge >= 0.3 is 0 Å². The van der Waals surface area contributed by atoms with Gasteiger partial charge in [-0.1, -0.05) is 36.4 Å². The molecule has 0 aliphatic rings. The van der Waals surface area contributed by atoms with Gasteiger partial charge in [-0.3, -0.25) is 4.79 Å². The number of hydrogen-bond acceptors (Lipinski definition) is 3. The molecule has 0 bridgehead atoms. The summed E-state index contributed by atoms with van der Waals surface area (Å²) in [6.45, 7) is 0. The number of ether oxygens (including phenoxy) is 1. The summed E-state index contributed by atoms with van der Waals surface area (Å²) in [5.74, 6) is -0.119. The first kappa shape index (κ1) is 14.8. The zero-order valence-corrected chi connectivity index (χ0v) is 13.1. The van der Waals surface area contributed by atoms with E-state index < -0.39 is 6.10 Å². The minimum absolute atomic E-state index is 0.119. The number of thiophene rings is 1. The van der Waals surface area contributed by atoms with E-state index in [1.807, 2.05) is 42.5 Å². The van der Waals surface area contributed by atoms with Crippen LogP contribution in [-0.2, 0) is 16.0 Å². The molecule has 1 heterocycles. The predicted molar refractivity (Wildman–Crippen MR) is 91.4 cm³/mol. The molecular formula is C18H17NO2S. The number of nitrogens with one attached hydrogen (secondary N) is 1. The van der Waals surface area contributed by atoms with Crippen LogP contribution in [0.25, 0.3) is 10.1 Å². The smallest absolute Gasteiger partial charge is 0.253 e. The largest absolute Gasteiger partial charge is 0.371 e. The molecule has 0 radical (unpaired) electrons. The summed E-state index contributed by atoms with van der Waals surface area (Å²) in [6, 6.07) is 19.8. The Hall–Kier alpha value is -2.17. The maximum absolute atomic E-state index is 12.3. The van der Waals surface area contributed by atoms with E-state index in [-0.39, 0.29) is 5.91 Å². The number of benzene rings is 2. The second-order valence-electron chi connectivity index (χ2n) is 5.03. The van der Waals surface area contributed by atoms with Gasteiger partial charge in [0.15, 0.2) is 0 Å². The van der Waals surface area contributed by atoms with Crippen LogP contribution in [0.15, 0.2) is 60.7 Å². The molecule has 0 fully saturated rings. The van der Waals surface area contributed by atoms with Gasteiger partial charge in [0.1, 0.15) is 6.10 Å².